The van der Waals surface area contributed by atoms with E-state index in [9.17, 15) is 10.4 Å². The molecule has 4 nitrogen and oxygen atoms in total. The molecule has 1 aromatic carbocycles. The second-order valence-corrected chi connectivity index (χ2v) is 8.84. The van der Waals surface area contributed by atoms with E-state index in [4.69, 9.17) is 4.74 Å². The Morgan fingerprint density at radius 1 is 1.38 bits per heavy atom. The third kappa shape index (κ3) is 3.47. The lowest BCUT2D eigenvalue weighted by molar-refractivity contribution is 0.218. The van der Waals surface area contributed by atoms with Crippen LogP contribution in [0.2, 0.25) is 0 Å². The molecule has 0 unspecified atom stereocenters. The lowest BCUT2D eigenvalue weighted by Gasteiger charge is -2.33. The van der Waals surface area contributed by atoms with Gasteiger partial charge in [-0.15, -0.1) is 11.3 Å². The van der Waals surface area contributed by atoms with Gasteiger partial charge in [-0.25, -0.2) is 4.99 Å². The van der Waals surface area contributed by atoms with Crippen molar-refractivity contribution in [2.75, 3.05) is 7.11 Å². The van der Waals surface area contributed by atoms with Crippen LogP contribution in [-0.2, 0) is 12.8 Å². The maximum Gasteiger partial charge on any atom is 0.166 e. The number of rotatable bonds is 3. The van der Waals surface area contributed by atoms with E-state index in [2.05, 4.69) is 31.8 Å². The van der Waals surface area contributed by atoms with Crippen LogP contribution >= 0.6 is 11.3 Å². The second kappa shape index (κ2) is 7.13. The fraction of sp³-hybridized carbons (Fsp3) is 0.429. The summed E-state index contributed by atoms with van der Waals surface area (Å²) in [5.41, 5.74) is 2.70. The van der Waals surface area contributed by atoms with Gasteiger partial charge < -0.3 is 9.84 Å². The second-order valence-electron chi connectivity index (χ2n) is 7.76. The number of hydrogen-bond donors (Lipinski definition) is 1. The number of fused-ring (bicyclic) bond motifs is 1. The van der Waals surface area contributed by atoms with Gasteiger partial charge in [-0.05, 0) is 48.3 Å². The summed E-state index contributed by atoms with van der Waals surface area (Å²) in [5.74, 6) is 1.10. The first-order valence-corrected chi connectivity index (χ1v) is 9.61. The summed E-state index contributed by atoms with van der Waals surface area (Å²) in [5, 5.41) is 20.6. The van der Waals surface area contributed by atoms with Gasteiger partial charge in [0.05, 0.1) is 12.7 Å². The summed E-state index contributed by atoms with van der Waals surface area (Å²) < 4.78 is 5.13. The minimum atomic E-state index is 0.0615. The van der Waals surface area contributed by atoms with Crippen LogP contribution in [-0.4, -0.2) is 18.4 Å². The number of phenolic OH excluding ortho intramolecular Hbond substituents is 1. The SMILES string of the molecule is COc1cccc(C=Nc2sc3c(c2C#N)CC[C@@H](C(C)(C)C)C3)c1O. The fourth-order valence-electron chi connectivity index (χ4n) is 3.45. The Bertz CT molecular complexity index is 885. The fourth-order valence-corrected chi connectivity index (χ4v) is 4.67. The van der Waals surface area contributed by atoms with E-state index < -0.39 is 0 Å². The molecule has 1 aliphatic rings. The van der Waals surface area contributed by atoms with Gasteiger partial charge in [0.15, 0.2) is 11.5 Å². The highest BCUT2D eigenvalue weighted by molar-refractivity contribution is 7.16. The molecule has 1 heterocycles. The van der Waals surface area contributed by atoms with Crippen LogP contribution in [0.25, 0.3) is 0 Å². The Hall–Kier alpha value is -2.32. The molecule has 1 N–H and O–H groups in total. The number of benzene rings is 1. The number of thiophene rings is 1. The van der Waals surface area contributed by atoms with Crippen molar-refractivity contribution in [3.63, 3.8) is 0 Å². The number of methoxy groups -OCH3 is 1. The first-order valence-electron chi connectivity index (χ1n) is 8.79. The monoisotopic (exact) mass is 368 g/mol. The first-order chi connectivity index (χ1) is 12.3. The van der Waals surface area contributed by atoms with E-state index in [-0.39, 0.29) is 11.2 Å². The third-order valence-electron chi connectivity index (χ3n) is 5.15. The molecule has 5 heteroatoms. The molecule has 0 saturated carbocycles. The highest BCUT2D eigenvalue weighted by Gasteiger charge is 2.32. The van der Waals surface area contributed by atoms with Gasteiger partial charge in [-0.2, -0.15) is 5.26 Å². The smallest absolute Gasteiger partial charge is 0.166 e. The van der Waals surface area contributed by atoms with E-state index in [0.29, 0.717) is 22.8 Å². The van der Waals surface area contributed by atoms with Crippen LogP contribution in [0.5, 0.6) is 11.5 Å². The maximum absolute atomic E-state index is 10.2. The summed E-state index contributed by atoms with van der Waals surface area (Å²) in [7, 11) is 1.52. The van der Waals surface area contributed by atoms with Gasteiger partial charge in [0.2, 0.25) is 0 Å². The average Bonchev–Trinajstić information content (AvgIpc) is 2.96. The lowest BCUT2D eigenvalue weighted by Crippen LogP contribution is -2.26. The van der Waals surface area contributed by atoms with Crippen LogP contribution in [0.15, 0.2) is 23.2 Å². The van der Waals surface area contributed by atoms with Gasteiger partial charge in [0.25, 0.3) is 0 Å². The van der Waals surface area contributed by atoms with Crippen molar-refractivity contribution in [3.05, 3.63) is 39.8 Å². The van der Waals surface area contributed by atoms with E-state index in [1.54, 1.807) is 35.8 Å². The molecule has 0 bridgehead atoms. The Morgan fingerprint density at radius 3 is 2.81 bits per heavy atom. The molecule has 0 radical (unpaired) electrons. The Labute approximate surface area is 158 Å². The van der Waals surface area contributed by atoms with Gasteiger partial charge in [0.1, 0.15) is 11.1 Å². The number of phenols is 1. The molecule has 26 heavy (non-hydrogen) atoms. The molecular weight excluding hydrogens is 344 g/mol. The molecule has 1 aromatic heterocycles. The summed E-state index contributed by atoms with van der Waals surface area (Å²) in [6, 6.07) is 7.62. The Kier molecular flexibility index (Phi) is 5.06. The zero-order chi connectivity index (χ0) is 18.9. The molecule has 0 aliphatic heterocycles. The number of nitrogens with zero attached hydrogens (tertiary/aromatic N) is 2. The van der Waals surface area contributed by atoms with Crippen molar-refractivity contribution in [3.8, 4) is 17.6 Å². The zero-order valence-corrected chi connectivity index (χ0v) is 16.5. The molecule has 0 fully saturated rings. The molecule has 1 atom stereocenters. The standard InChI is InChI=1S/C21H24N2O2S/c1-21(2,3)14-8-9-15-16(11-22)20(26-18(15)10-14)23-12-13-6-5-7-17(25-4)19(13)24/h5-7,12,14,24H,8-10H2,1-4H3/t14-/m1/s1. The quantitative estimate of drug-likeness (QED) is 0.754. The number of nitriles is 1. The molecule has 0 amide bonds. The van der Waals surface area contributed by atoms with Crippen molar-refractivity contribution in [1.82, 2.24) is 0 Å². The van der Waals surface area contributed by atoms with Gasteiger partial charge in [-0.3, -0.25) is 0 Å². The number of ether oxygens (including phenoxy) is 1. The van der Waals surface area contributed by atoms with Crippen molar-refractivity contribution < 1.29 is 9.84 Å². The van der Waals surface area contributed by atoms with Gasteiger partial charge in [-0.1, -0.05) is 26.8 Å². The maximum atomic E-state index is 10.2. The predicted octanol–water partition coefficient (Wildman–Crippen LogP) is 5.24. The number of hydrogen-bond acceptors (Lipinski definition) is 5. The van der Waals surface area contributed by atoms with Crippen molar-refractivity contribution in [2.24, 2.45) is 16.3 Å². The summed E-state index contributed by atoms with van der Waals surface area (Å²) >= 11 is 1.61. The Morgan fingerprint density at radius 2 is 2.15 bits per heavy atom. The largest absolute Gasteiger partial charge is 0.504 e. The average molecular weight is 369 g/mol. The van der Waals surface area contributed by atoms with Crippen LogP contribution in [0.3, 0.4) is 0 Å². The normalized spacial score (nSPS) is 17.1. The topological polar surface area (TPSA) is 65.6 Å². The van der Waals surface area contributed by atoms with E-state index >= 15 is 0 Å². The molecule has 136 valence electrons. The van der Waals surface area contributed by atoms with Crippen LogP contribution in [0.1, 0.15) is 48.8 Å². The predicted molar refractivity (Wildman–Crippen MR) is 106 cm³/mol. The van der Waals surface area contributed by atoms with E-state index in [0.717, 1.165) is 24.3 Å². The highest BCUT2D eigenvalue weighted by Crippen LogP contribution is 2.45. The molecule has 3 rings (SSSR count). The molecule has 0 saturated heterocycles. The number of para-hydroxylation sites is 1. The van der Waals surface area contributed by atoms with Crippen LogP contribution in [0.4, 0.5) is 5.00 Å². The van der Waals surface area contributed by atoms with Crippen molar-refractivity contribution >= 4 is 22.6 Å². The number of aliphatic imine (C=N–C) groups is 1. The third-order valence-corrected chi connectivity index (χ3v) is 6.32. The molecule has 1 aliphatic carbocycles. The number of aromatic hydroxyl groups is 1. The van der Waals surface area contributed by atoms with E-state index in [1.807, 2.05) is 0 Å². The first kappa shape index (κ1) is 18.5. The minimum Gasteiger partial charge on any atom is -0.504 e. The zero-order valence-electron chi connectivity index (χ0n) is 15.7. The van der Waals surface area contributed by atoms with Crippen molar-refractivity contribution in [2.45, 2.75) is 40.0 Å². The van der Waals surface area contributed by atoms with E-state index in [1.165, 1.54) is 17.6 Å². The summed E-state index contributed by atoms with van der Waals surface area (Å²) in [6.07, 6.45) is 4.67. The Balaban J connectivity index is 1.93. The van der Waals surface area contributed by atoms with Crippen molar-refractivity contribution in [1.29, 1.82) is 5.26 Å². The molecule has 2 aromatic rings. The molecule has 0 spiro atoms. The minimum absolute atomic E-state index is 0.0615. The van der Waals surface area contributed by atoms with Gasteiger partial charge in [0, 0.05) is 16.7 Å². The summed E-state index contributed by atoms with van der Waals surface area (Å²) in [6.45, 7) is 6.85. The lowest BCUT2D eigenvalue weighted by atomic mass is 9.72. The van der Waals surface area contributed by atoms with Crippen LogP contribution < -0.4 is 4.74 Å². The van der Waals surface area contributed by atoms with Crippen LogP contribution in [0, 0.1) is 22.7 Å². The summed E-state index contributed by atoms with van der Waals surface area (Å²) in [4.78, 5) is 5.82. The molecular formula is C21H24N2O2S. The van der Waals surface area contributed by atoms with Gasteiger partial charge >= 0.3 is 0 Å². The highest BCUT2D eigenvalue weighted by atomic mass is 32.1.